The van der Waals surface area contributed by atoms with Gasteiger partial charge in [-0.15, -0.1) is 0 Å². The largest absolute Gasteiger partial charge is 0.480 e. The fraction of sp³-hybridized carbons (Fsp3) is 0.727. The van der Waals surface area contributed by atoms with Crippen molar-refractivity contribution in [3.05, 3.63) is 6.33 Å². The average molecular weight is 272 g/mol. The topological polar surface area (TPSA) is 90.9 Å². The molecule has 3 N–H and O–H groups in total. The molecule has 1 aromatic heterocycles. The van der Waals surface area contributed by atoms with Crippen LogP contribution in [0.25, 0.3) is 0 Å². The van der Waals surface area contributed by atoms with Gasteiger partial charge in [-0.05, 0) is 33.6 Å². The summed E-state index contributed by atoms with van der Waals surface area (Å²) >= 11 is 1.55. The minimum Gasteiger partial charge on any atom is -0.480 e. The minimum absolute atomic E-state index is 0.146. The Morgan fingerprint density at radius 2 is 2.39 bits per heavy atom. The number of hydrogen-bond donors (Lipinski definition) is 3. The third kappa shape index (κ3) is 4.66. The van der Waals surface area contributed by atoms with Crippen LogP contribution in [0.15, 0.2) is 11.5 Å². The molecule has 0 aliphatic heterocycles. The Bertz CT molecular complexity index is 369. The standard InChI is InChI=1S/C11H20N4O2S/c1-8(2)14-11(3,9(16)17)5-4-6-18-10-12-7-13-15-10/h7-8,14H,4-6H2,1-3H3,(H,16,17)(H,12,13,15). The van der Waals surface area contributed by atoms with Gasteiger partial charge in [0, 0.05) is 11.8 Å². The quantitative estimate of drug-likeness (QED) is 0.491. The molecule has 1 heterocycles. The summed E-state index contributed by atoms with van der Waals surface area (Å²) in [4.78, 5) is 15.3. The number of aliphatic carboxylic acids is 1. The third-order valence-electron chi connectivity index (χ3n) is 2.53. The van der Waals surface area contributed by atoms with Crippen LogP contribution in [-0.2, 0) is 4.79 Å². The van der Waals surface area contributed by atoms with Gasteiger partial charge in [0.1, 0.15) is 11.9 Å². The van der Waals surface area contributed by atoms with E-state index in [1.807, 2.05) is 13.8 Å². The van der Waals surface area contributed by atoms with Gasteiger partial charge in [0.25, 0.3) is 0 Å². The summed E-state index contributed by atoms with van der Waals surface area (Å²) in [5.74, 6) is 0.0125. The van der Waals surface area contributed by atoms with E-state index in [1.165, 1.54) is 6.33 Å². The molecule has 1 unspecified atom stereocenters. The zero-order valence-corrected chi connectivity index (χ0v) is 11.8. The van der Waals surface area contributed by atoms with Crippen molar-refractivity contribution in [3.63, 3.8) is 0 Å². The molecule has 0 saturated carbocycles. The number of thioether (sulfide) groups is 1. The van der Waals surface area contributed by atoms with E-state index in [1.54, 1.807) is 18.7 Å². The molecule has 102 valence electrons. The van der Waals surface area contributed by atoms with Crippen LogP contribution in [0, 0.1) is 0 Å². The summed E-state index contributed by atoms with van der Waals surface area (Å²) in [7, 11) is 0. The van der Waals surface area contributed by atoms with Crippen molar-refractivity contribution < 1.29 is 9.90 Å². The highest BCUT2D eigenvalue weighted by molar-refractivity contribution is 7.99. The zero-order chi connectivity index (χ0) is 13.6. The molecule has 0 bridgehead atoms. The lowest BCUT2D eigenvalue weighted by Gasteiger charge is -2.28. The van der Waals surface area contributed by atoms with Gasteiger partial charge in [-0.25, -0.2) is 4.98 Å². The van der Waals surface area contributed by atoms with Crippen LogP contribution in [-0.4, -0.2) is 43.6 Å². The highest BCUT2D eigenvalue weighted by Crippen LogP contribution is 2.19. The van der Waals surface area contributed by atoms with Gasteiger partial charge in [-0.1, -0.05) is 11.8 Å². The van der Waals surface area contributed by atoms with E-state index in [4.69, 9.17) is 0 Å². The lowest BCUT2D eigenvalue weighted by Crippen LogP contribution is -2.52. The fourth-order valence-corrected chi connectivity index (χ4v) is 2.46. The highest BCUT2D eigenvalue weighted by Gasteiger charge is 2.32. The number of H-pyrrole nitrogens is 1. The van der Waals surface area contributed by atoms with E-state index in [-0.39, 0.29) is 6.04 Å². The predicted molar refractivity (Wildman–Crippen MR) is 70.7 cm³/mol. The van der Waals surface area contributed by atoms with Crippen molar-refractivity contribution in [2.45, 2.75) is 50.4 Å². The first-order valence-electron chi connectivity index (χ1n) is 5.93. The van der Waals surface area contributed by atoms with E-state index in [9.17, 15) is 9.90 Å². The van der Waals surface area contributed by atoms with Crippen molar-refractivity contribution >= 4 is 17.7 Å². The molecule has 0 amide bonds. The molecule has 0 spiro atoms. The maximum atomic E-state index is 11.3. The van der Waals surface area contributed by atoms with Crippen LogP contribution in [0.1, 0.15) is 33.6 Å². The lowest BCUT2D eigenvalue weighted by molar-refractivity contribution is -0.144. The van der Waals surface area contributed by atoms with Gasteiger partial charge >= 0.3 is 5.97 Å². The number of carbonyl (C=O) groups is 1. The molecule has 0 fully saturated rings. The molecule has 6 nitrogen and oxygen atoms in total. The maximum Gasteiger partial charge on any atom is 0.323 e. The normalized spacial score (nSPS) is 14.7. The molecular weight excluding hydrogens is 252 g/mol. The van der Waals surface area contributed by atoms with Crippen molar-refractivity contribution in [1.29, 1.82) is 0 Å². The van der Waals surface area contributed by atoms with Gasteiger partial charge in [0.15, 0.2) is 5.16 Å². The molecule has 0 radical (unpaired) electrons. The van der Waals surface area contributed by atoms with Gasteiger partial charge in [0.2, 0.25) is 0 Å². The predicted octanol–water partition coefficient (Wildman–Crippen LogP) is 1.52. The van der Waals surface area contributed by atoms with Crippen molar-refractivity contribution in [1.82, 2.24) is 20.5 Å². The lowest BCUT2D eigenvalue weighted by atomic mass is 9.95. The molecule has 1 rings (SSSR count). The van der Waals surface area contributed by atoms with E-state index in [0.29, 0.717) is 6.42 Å². The Morgan fingerprint density at radius 1 is 1.67 bits per heavy atom. The van der Waals surface area contributed by atoms with Crippen LogP contribution in [0.4, 0.5) is 0 Å². The van der Waals surface area contributed by atoms with Gasteiger partial charge in [-0.2, -0.15) is 5.10 Å². The Kier molecular flexibility index (Phi) is 5.61. The molecule has 1 aromatic rings. The van der Waals surface area contributed by atoms with E-state index in [0.717, 1.165) is 17.3 Å². The zero-order valence-electron chi connectivity index (χ0n) is 10.9. The van der Waals surface area contributed by atoms with Crippen molar-refractivity contribution in [2.75, 3.05) is 5.75 Å². The summed E-state index contributed by atoms with van der Waals surface area (Å²) in [5, 5.41) is 19.7. The summed E-state index contributed by atoms with van der Waals surface area (Å²) in [6.45, 7) is 5.63. The summed E-state index contributed by atoms with van der Waals surface area (Å²) in [5.41, 5.74) is -0.865. The van der Waals surface area contributed by atoms with Crippen LogP contribution in [0.5, 0.6) is 0 Å². The number of carboxylic acids is 1. The maximum absolute atomic E-state index is 11.3. The first kappa shape index (κ1) is 15.0. The third-order valence-corrected chi connectivity index (χ3v) is 3.50. The fourth-order valence-electron chi connectivity index (χ4n) is 1.74. The van der Waals surface area contributed by atoms with Gasteiger partial charge in [-0.3, -0.25) is 15.2 Å². The monoisotopic (exact) mass is 272 g/mol. The SMILES string of the molecule is CC(C)NC(C)(CCCSc1ncn[nH]1)C(=O)O. The number of rotatable bonds is 8. The van der Waals surface area contributed by atoms with E-state index < -0.39 is 11.5 Å². The molecule has 0 aliphatic carbocycles. The van der Waals surface area contributed by atoms with E-state index in [2.05, 4.69) is 20.5 Å². The molecule has 0 aliphatic rings. The van der Waals surface area contributed by atoms with Crippen LogP contribution >= 0.6 is 11.8 Å². The Morgan fingerprint density at radius 3 is 2.89 bits per heavy atom. The number of nitrogens with zero attached hydrogens (tertiary/aromatic N) is 2. The van der Waals surface area contributed by atoms with Crippen LogP contribution in [0.3, 0.4) is 0 Å². The second-order valence-electron chi connectivity index (χ2n) is 4.68. The Labute approximate surface area is 111 Å². The number of aromatic nitrogens is 3. The summed E-state index contributed by atoms with van der Waals surface area (Å²) in [6.07, 6.45) is 2.85. The molecule has 1 atom stereocenters. The molecule has 7 heteroatoms. The molecule has 0 saturated heterocycles. The minimum atomic E-state index is -0.865. The van der Waals surface area contributed by atoms with Crippen LogP contribution in [0.2, 0.25) is 0 Å². The number of carboxylic acid groups (broad SMARTS) is 1. The molecular formula is C11H20N4O2S. The van der Waals surface area contributed by atoms with Crippen LogP contribution < -0.4 is 5.32 Å². The second kappa shape index (κ2) is 6.75. The number of aromatic amines is 1. The summed E-state index contributed by atoms with van der Waals surface area (Å²) in [6, 6.07) is 0.146. The van der Waals surface area contributed by atoms with Gasteiger partial charge < -0.3 is 5.11 Å². The number of hydrogen-bond acceptors (Lipinski definition) is 5. The highest BCUT2D eigenvalue weighted by atomic mass is 32.2. The van der Waals surface area contributed by atoms with E-state index >= 15 is 0 Å². The second-order valence-corrected chi connectivity index (χ2v) is 5.76. The first-order valence-corrected chi connectivity index (χ1v) is 6.92. The smallest absolute Gasteiger partial charge is 0.323 e. The first-order chi connectivity index (χ1) is 8.44. The van der Waals surface area contributed by atoms with Gasteiger partial charge in [0.05, 0.1) is 0 Å². The Balaban J connectivity index is 2.36. The van der Waals surface area contributed by atoms with Crippen molar-refractivity contribution in [3.8, 4) is 0 Å². The average Bonchev–Trinajstić information content (AvgIpc) is 2.76. The van der Waals surface area contributed by atoms with Crippen molar-refractivity contribution in [2.24, 2.45) is 0 Å². The molecule has 0 aromatic carbocycles. The molecule has 18 heavy (non-hydrogen) atoms. The Hall–Kier alpha value is -1.08. The summed E-state index contributed by atoms with van der Waals surface area (Å²) < 4.78 is 0. The number of nitrogens with one attached hydrogen (secondary N) is 2.